The van der Waals surface area contributed by atoms with E-state index < -0.39 is 0 Å². The number of rotatable bonds is 6. The molecule has 1 saturated carbocycles. The molecule has 0 bridgehead atoms. The molecule has 2 aromatic heterocycles. The molecular weight excluding hydrogens is 380 g/mol. The molecule has 0 spiro atoms. The Morgan fingerprint density at radius 3 is 2.55 bits per heavy atom. The van der Waals surface area contributed by atoms with E-state index in [2.05, 4.69) is 57.9 Å². The van der Waals surface area contributed by atoms with Crippen LogP contribution in [0.25, 0.3) is 11.1 Å². The second-order valence-electron chi connectivity index (χ2n) is 7.74. The maximum absolute atomic E-state index is 6.50. The predicted molar refractivity (Wildman–Crippen MR) is 121 cm³/mol. The minimum Gasteiger partial charge on any atom is -0.367 e. The molecule has 3 aromatic rings. The molecule has 2 heterocycles. The van der Waals surface area contributed by atoms with E-state index in [1.165, 1.54) is 37.7 Å². The molecule has 4 rings (SSSR count). The predicted octanol–water partition coefficient (Wildman–Crippen LogP) is 6.71. The lowest BCUT2D eigenvalue weighted by Crippen LogP contribution is -2.22. The SMILES string of the molecule is CC(Nc1cc(-c2cc(NC3CCCCC3)ncc2Cl)ccn1)c1ccccc1. The highest BCUT2D eigenvalue weighted by atomic mass is 35.5. The molecule has 0 aliphatic heterocycles. The lowest BCUT2D eigenvalue weighted by molar-refractivity contribution is 0.462. The first kappa shape index (κ1) is 19.7. The number of nitrogens with one attached hydrogen (secondary N) is 2. The van der Waals surface area contributed by atoms with Gasteiger partial charge < -0.3 is 10.6 Å². The third kappa shape index (κ3) is 5.07. The molecule has 0 saturated heterocycles. The average molecular weight is 407 g/mol. The van der Waals surface area contributed by atoms with Crippen molar-refractivity contribution in [1.82, 2.24) is 9.97 Å². The maximum atomic E-state index is 6.50. The van der Waals surface area contributed by atoms with Crippen molar-refractivity contribution in [3.8, 4) is 11.1 Å². The van der Waals surface area contributed by atoms with E-state index in [1.807, 2.05) is 24.4 Å². The highest BCUT2D eigenvalue weighted by molar-refractivity contribution is 6.33. The van der Waals surface area contributed by atoms with Crippen LogP contribution >= 0.6 is 11.6 Å². The van der Waals surface area contributed by atoms with Gasteiger partial charge in [-0.2, -0.15) is 0 Å². The summed E-state index contributed by atoms with van der Waals surface area (Å²) in [5, 5.41) is 7.71. The number of hydrogen-bond acceptors (Lipinski definition) is 4. The number of halogens is 1. The van der Waals surface area contributed by atoms with Crippen molar-refractivity contribution in [1.29, 1.82) is 0 Å². The van der Waals surface area contributed by atoms with E-state index >= 15 is 0 Å². The number of aromatic nitrogens is 2. The average Bonchev–Trinajstić information content (AvgIpc) is 2.76. The minimum absolute atomic E-state index is 0.162. The molecule has 1 aliphatic carbocycles. The number of nitrogens with zero attached hydrogens (tertiary/aromatic N) is 2. The molecular formula is C24H27ClN4. The summed E-state index contributed by atoms with van der Waals surface area (Å²) in [5.41, 5.74) is 3.22. The third-order valence-electron chi connectivity index (χ3n) is 5.55. The fourth-order valence-electron chi connectivity index (χ4n) is 3.92. The molecule has 29 heavy (non-hydrogen) atoms. The smallest absolute Gasteiger partial charge is 0.126 e. The number of anilines is 2. The number of hydrogen-bond donors (Lipinski definition) is 2. The zero-order valence-electron chi connectivity index (χ0n) is 16.7. The molecule has 0 amide bonds. The summed E-state index contributed by atoms with van der Waals surface area (Å²) < 4.78 is 0. The van der Waals surface area contributed by atoms with Crippen molar-refractivity contribution < 1.29 is 0 Å². The Morgan fingerprint density at radius 1 is 0.966 bits per heavy atom. The lowest BCUT2D eigenvalue weighted by Gasteiger charge is -2.23. The monoisotopic (exact) mass is 406 g/mol. The van der Waals surface area contributed by atoms with Crippen LogP contribution in [-0.2, 0) is 0 Å². The van der Waals surface area contributed by atoms with Gasteiger partial charge in [-0.1, -0.05) is 61.2 Å². The molecule has 1 aromatic carbocycles. The Hall–Kier alpha value is -2.59. The Bertz CT molecular complexity index is 939. The largest absolute Gasteiger partial charge is 0.367 e. The zero-order chi connectivity index (χ0) is 20.1. The van der Waals surface area contributed by atoms with Gasteiger partial charge in [0.15, 0.2) is 0 Å². The molecule has 1 atom stereocenters. The van der Waals surface area contributed by atoms with E-state index in [0.717, 1.165) is 22.8 Å². The first-order valence-electron chi connectivity index (χ1n) is 10.4. The van der Waals surface area contributed by atoms with E-state index in [0.29, 0.717) is 11.1 Å². The van der Waals surface area contributed by atoms with Gasteiger partial charge in [-0.25, -0.2) is 9.97 Å². The molecule has 150 valence electrons. The van der Waals surface area contributed by atoms with E-state index in [1.54, 1.807) is 6.20 Å². The van der Waals surface area contributed by atoms with Gasteiger partial charge in [0.05, 0.1) is 5.02 Å². The van der Waals surface area contributed by atoms with Gasteiger partial charge in [-0.3, -0.25) is 0 Å². The van der Waals surface area contributed by atoms with Crippen LogP contribution in [0.1, 0.15) is 50.6 Å². The van der Waals surface area contributed by atoms with Gasteiger partial charge in [-0.05, 0) is 49.1 Å². The summed E-state index contributed by atoms with van der Waals surface area (Å²) >= 11 is 6.50. The number of pyridine rings is 2. The lowest BCUT2D eigenvalue weighted by atomic mass is 9.95. The fraction of sp³-hybridized carbons (Fsp3) is 0.333. The molecule has 1 fully saturated rings. The standard InChI is InChI=1S/C24H27ClN4/c1-17(18-8-4-2-5-9-18)28-23-14-19(12-13-26-23)21-15-24(27-16-22(21)25)29-20-10-6-3-7-11-20/h2,4-5,8-9,12-17,20H,3,6-7,10-11H2,1H3,(H,26,28)(H,27,29). The van der Waals surface area contributed by atoms with Gasteiger partial charge in [0.1, 0.15) is 11.6 Å². The van der Waals surface area contributed by atoms with Gasteiger partial charge >= 0.3 is 0 Å². The third-order valence-corrected chi connectivity index (χ3v) is 5.85. The van der Waals surface area contributed by atoms with Gasteiger partial charge in [0, 0.05) is 30.0 Å². The highest BCUT2D eigenvalue weighted by Gasteiger charge is 2.15. The van der Waals surface area contributed by atoms with Crippen LogP contribution in [0.5, 0.6) is 0 Å². The van der Waals surface area contributed by atoms with Crippen molar-refractivity contribution in [3.63, 3.8) is 0 Å². The second kappa shape index (κ2) is 9.27. The van der Waals surface area contributed by atoms with Crippen LogP contribution in [-0.4, -0.2) is 16.0 Å². The normalized spacial score (nSPS) is 15.7. The van der Waals surface area contributed by atoms with Crippen LogP contribution in [0.3, 0.4) is 0 Å². The topological polar surface area (TPSA) is 49.8 Å². The maximum Gasteiger partial charge on any atom is 0.126 e. The van der Waals surface area contributed by atoms with Crippen LogP contribution in [0.15, 0.2) is 60.9 Å². The molecule has 1 aliphatic rings. The van der Waals surface area contributed by atoms with Crippen LogP contribution in [0, 0.1) is 0 Å². The highest BCUT2D eigenvalue weighted by Crippen LogP contribution is 2.32. The first-order valence-corrected chi connectivity index (χ1v) is 10.8. The van der Waals surface area contributed by atoms with Gasteiger partial charge in [-0.15, -0.1) is 0 Å². The molecule has 1 unspecified atom stereocenters. The van der Waals surface area contributed by atoms with Crippen molar-refractivity contribution in [3.05, 3.63) is 71.5 Å². The van der Waals surface area contributed by atoms with E-state index in [4.69, 9.17) is 11.6 Å². The zero-order valence-corrected chi connectivity index (χ0v) is 17.5. The molecule has 5 heteroatoms. The van der Waals surface area contributed by atoms with Crippen LogP contribution < -0.4 is 10.6 Å². The Kier molecular flexibility index (Phi) is 6.30. The Morgan fingerprint density at radius 2 is 1.76 bits per heavy atom. The van der Waals surface area contributed by atoms with Crippen LogP contribution in [0.4, 0.5) is 11.6 Å². The summed E-state index contributed by atoms with van der Waals surface area (Å²) in [4.78, 5) is 8.99. The van der Waals surface area contributed by atoms with Crippen molar-refractivity contribution in [2.24, 2.45) is 0 Å². The summed E-state index contributed by atoms with van der Waals surface area (Å²) in [6, 6.07) is 17.1. The summed E-state index contributed by atoms with van der Waals surface area (Å²) in [6.07, 6.45) is 9.89. The fourth-order valence-corrected chi connectivity index (χ4v) is 4.13. The summed E-state index contributed by atoms with van der Waals surface area (Å²) in [5.74, 6) is 1.72. The van der Waals surface area contributed by atoms with Crippen molar-refractivity contribution in [2.75, 3.05) is 10.6 Å². The molecule has 2 N–H and O–H groups in total. The van der Waals surface area contributed by atoms with Crippen molar-refractivity contribution >= 4 is 23.2 Å². The van der Waals surface area contributed by atoms with E-state index in [-0.39, 0.29) is 6.04 Å². The Labute approximate surface area is 177 Å². The minimum atomic E-state index is 0.162. The number of benzene rings is 1. The van der Waals surface area contributed by atoms with Gasteiger partial charge in [0.2, 0.25) is 0 Å². The molecule has 0 radical (unpaired) electrons. The van der Waals surface area contributed by atoms with Crippen LogP contribution in [0.2, 0.25) is 5.02 Å². The summed E-state index contributed by atoms with van der Waals surface area (Å²) in [6.45, 7) is 2.13. The second-order valence-corrected chi connectivity index (χ2v) is 8.14. The van der Waals surface area contributed by atoms with E-state index in [9.17, 15) is 0 Å². The van der Waals surface area contributed by atoms with Gasteiger partial charge in [0.25, 0.3) is 0 Å². The van der Waals surface area contributed by atoms with Crippen molar-refractivity contribution in [2.45, 2.75) is 51.1 Å². The quantitative estimate of drug-likeness (QED) is 0.477. The summed E-state index contributed by atoms with van der Waals surface area (Å²) in [7, 11) is 0. The Balaban J connectivity index is 1.53. The molecule has 4 nitrogen and oxygen atoms in total. The first-order chi connectivity index (χ1) is 14.2.